The lowest BCUT2D eigenvalue weighted by Crippen LogP contribution is -2.58. The molecule has 0 bridgehead atoms. The number of imidazole rings is 1. The van der Waals surface area contributed by atoms with Gasteiger partial charge in [-0.05, 0) is 31.7 Å². The maximum atomic E-state index is 13.0. The molecule has 0 aromatic carbocycles. The minimum Gasteiger partial charge on any atom is -0.379 e. The maximum Gasteiger partial charge on any atom is 0.252 e. The van der Waals surface area contributed by atoms with Crippen molar-refractivity contribution in [2.45, 2.75) is 62.9 Å². The first-order valence-corrected chi connectivity index (χ1v) is 11.2. The summed E-state index contributed by atoms with van der Waals surface area (Å²) in [6, 6.07) is 2.42. The average molecular weight is 398 g/mol. The highest BCUT2D eigenvalue weighted by molar-refractivity contribution is 5.96. The van der Waals surface area contributed by atoms with E-state index in [2.05, 4.69) is 24.8 Å². The number of hydrogen-bond acceptors (Lipinski definition) is 5. The van der Waals surface area contributed by atoms with Crippen LogP contribution in [0, 0.1) is 0 Å². The summed E-state index contributed by atoms with van der Waals surface area (Å²) in [4.78, 5) is 24.6. The van der Waals surface area contributed by atoms with E-state index in [1.54, 1.807) is 6.20 Å². The van der Waals surface area contributed by atoms with Gasteiger partial charge in [0.05, 0.1) is 25.1 Å². The molecule has 0 unspecified atom stereocenters. The molecule has 1 aliphatic heterocycles. The molecule has 7 nitrogen and oxygen atoms in total. The van der Waals surface area contributed by atoms with E-state index in [1.807, 2.05) is 12.4 Å². The molecule has 5 rings (SSSR count). The van der Waals surface area contributed by atoms with Gasteiger partial charge in [0.2, 0.25) is 0 Å². The highest BCUT2D eigenvalue weighted by atomic mass is 16.5. The van der Waals surface area contributed by atoms with Gasteiger partial charge in [0.15, 0.2) is 5.65 Å². The normalized spacial score (nSPS) is 23.0. The number of pyridine rings is 1. The summed E-state index contributed by atoms with van der Waals surface area (Å²) >= 11 is 0. The number of morpholine rings is 1. The fourth-order valence-corrected chi connectivity index (χ4v) is 5.04. The predicted octanol–water partition coefficient (Wildman–Crippen LogP) is 2.92. The van der Waals surface area contributed by atoms with Gasteiger partial charge in [0, 0.05) is 37.4 Å². The molecule has 2 aromatic rings. The van der Waals surface area contributed by atoms with Crippen LogP contribution in [0.5, 0.6) is 0 Å². The molecule has 0 spiro atoms. The number of fused-ring (bicyclic) bond motifs is 1. The molecule has 1 saturated heterocycles. The lowest BCUT2D eigenvalue weighted by Gasteiger charge is -2.45. The molecular weight excluding hydrogens is 366 g/mol. The van der Waals surface area contributed by atoms with Crippen molar-refractivity contribution in [3.8, 4) is 0 Å². The summed E-state index contributed by atoms with van der Waals surface area (Å²) in [5.41, 5.74) is 2.35. The quantitative estimate of drug-likeness (QED) is 0.786. The van der Waals surface area contributed by atoms with E-state index in [9.17, 15) is 4.79 Å². The van der Waals surface area contributed by atoms with E-state index in [4.69, 9.17) is 4.74 Å². The van der Waals surface area contributed by atoms with Crippen molar-refractivity contribution < 1.29 is 9.53 Å². The Hall–Kier alpha value is -1.99. The third kappa shape index (κ3) is 3.90. The van der Waals surface area contributed by atoms with Crippen LogP contribution in [-0.4, -0.2) is 63.7 Å². The second-order valence-corrected chi connectivity index (χ2v) is 8.87. The lowest BCUT2D eigenvalue weighted by atomic mass is 9.87. The predicted molar refractivity (Wildman–Crippen MR) is 111 cm³/mol. The summed E-state index contributed by atoms with van der Waals surface area (Å²) in [7, 11) is 0. The summed E-state index contributed by atoms with van der Waals surface area (Å²) < 4.78 is 7.71. The van der Waals surface area contributed by atoms with Crippen LogP contribution in [0.25, 0.3) is 11.2 Å². The van der Waals surface area contributed by atoms with E-state index in [1.165, 1.54) is 38.5 Å². The molecule has 2 aromatic heterocycles. The van der Waals surface area contributed by atoms with Gasteiger partial charge >= 0.3 is 0 Å². The Morgan fingerprint density at radius 3 is 2.62 bits per heavy atom. The highest BCUT2D eigenvalue weighted by Crippen LogP contribution is 2.36. The minimum absolute atomic E-state index is 0.0442. The van der Waals surface area contributed by atoms with Gasteiger partial charge in [0.1, 0.15) is 5.52 Å². The number of aromatic nitrogens is 3. The lowest BCUT2D eigenvalue weighted by molar-refractivity contribution is -0.0281. The van der Waals surface area contributed by atoms with Crippen LogP contribution in [0.1, 0.15) is 67.8 Å². The van der Waals surface area contributed by atoms with Crippen LogP contribution >= 0.6 is 0 Å². The molecule has 1 amide bonds. The number of ether oxygens (including phenoxy) is 1. The van der Waals surface area contributed by atoms with Crippen LogP contribution in [0.4, 0.5) is 0 Å². The number of rotatable bonds is 5. The number of carbonyl (C=O) groups excluding carboxylic acids is 1. The number of hydrogen-bond donors (Lipinski definition) is 1. The Balaban J connectivity index is 1.31. The van der Waals surface area contributed by atoms with Crippen LogP contribution in [-0.2, 0) is 4.74 Å². The monoisotopic (exact) mass is 397 g/mol. The Morgan fingerprint density at radius 2 is 1.90 bits per heavy atom. The molecule has 3 heterocycles. The highest BCUT2D eigenvalue weighted by Gasteiger charge is 2.38. The molecule has 3 aliphatic rings. The first-order chi connectivity index (χ1) is 14.3. The van der Waals surface area contributed by atoms with E-state index < -0.39 is 0 Å². The van der Waals surface area contributed by atoms with Crippen molar-refractivity contribution in [2.75, 3.05) is 32.8 Å². The number of nitrogens with zero attached hydrogens (tertiary/aromatic N) is 4. The van der Waals surface area contributed by atoms with Gasteiger partial charge < -0.3 is 14.6 Å². The fourth-order valence-electron chi connectivity index (χ4n) is 5.04. The third-order valence-corrected chi connectivity index (χ3v) is 6.91. The van der Waals surface area contributed by atoms with Crippen molar-refractivity contribution in [2.24, 2.45) is 0 Å². The Labute approximate surface area is 171 Å². The summed E-state index contributed by atoms with van der Waals surface area (Å²) in [5.74, 6) is -0.0442. The van der Waals surface area contributed by atoms with Gasteiger partial charge in [-0.1, -0.05) is 25.7 Å². The smallest absolute Gasteiger partial charge is 0.252 e. The average Bonchev–Trinajstić information content (AvgIpc) is 3.56. The van der Waals surface area contributed by atoms with Crippen molar-refractivity contribution in [3.63, 3.8) is 0 Å². The molecule has 7 heteroatoms. The Kier molecular flexibility index (Phi) is 5.26. The number of carbonyl (C=O) groups is 1. The molecular formula is C22H31N5O2. The van der Waals surface area contributed by atoms with Crippen LogP contribution in [0.3, 0.4) is 0 Å². The minimum atomic E-state index is -0.0442. The first kappa shape index (κ1) is 19.0. The van der Waals surface area contributed by atoms with Gasteiger partial charge in [-0.3, -0.25) is 9.69 Å². The van der Waals surface area contributed by atoms with Gasteiger partial charge in [-0.2, -0.15) is 0 Å². The number of nitrogens with one attached hydrogen (secondary N) is 1. The van der Waals surface area contributed by atoms with Crippen molar-refractivity contribution in [3.05, 3.63) is 24.2 Å². The summed E-state index contributed by atoms with van der Waals surface area (Å²) in [5, 5.41) is 3.25. The van der Waals surface area contributed by atoms with Crippen LogP contribution < -0.4 is 5.32 Å². The molecule has 0 radical (unpaired) electrons. The van der Waals surface area contributed by atoms with Gasteiger partial charge in [-0.25, -0.2) is 9.97 Å². The van der Waals surface area contributed by atoms with Crippen LogP contribution in [0.15, 0.2) is 18.6 Å². The molecule has 1 N–H and O–H groups in total. The molecule has 2 saturated carbocycles. The van der Waals surface area contributed by atoms with E-state index in [0.29, 0.717) is 18.2 Å². The molecule has 3 fully saturated rings. The van der Waals surface area contributed by atoms with E-state index >= 15 is 0 Å². The van der Waals surface area contributed by atoms with Gasteiger partial charge in [-0.15, -0.1) is 0 Å². The molecule has 2 aliphatic carbocycles. The largest absolute Gasteiger partial charge is 0.379 e. The topological polar surface area (TPSA) is 72.3 Å². The van der Waals surface area contributed by atoms with Crippen molar-refractivity contribution in [1.29, 1.82) is 0 Å². The fraction of sp³-hybridized carbons (Fsp3) is 0.682. The second kappa shape index (κ2) is 8.03. The van der Waals surface area contributed by atoms with Gasteiger partial charge in [0.25, 0.3) is 5.91 Å². The first-order valence-electron chi connectivity index (χ1n) is 11.2. The maximum absolute atomic E-state index is 13.0. The van der Waals surface area contributed by atoms with Crippen LogP contribution in [0.2, 0.25) is 0 Å². The molecule has 29 heavy (non-hydrogen) atoms. The standard InChI is InChI=1S/C22H31N5O2/c28-21(17-13-19-20(23-14-17)27(16-25-19)18-5-6-18)24-15-22(7-3-1-2-4-8-22)26-9-11-29-12-10-26/h13-14,16,18H,1-12,15H2,(H,24,28). The third-order valence-electron chi connectivity index (χ3n) is 6.91. The van der Waals surface area contributed by atoms with E-state index in [-0.39, 0.29) is 11.4 Å². The van der Waals surface area contributed by atoms with Crippen molar-refractivity contribution >= 4 is 17.1 Å². The molecule has 156 valence electrons. The Bertz CT molecular complexity index is 861. The second-order valence-electron chi connectivity index (χ2n) is 8.87. The van der Waals surface area contributed by atoms with E-state index in [0.717, 1.165) is 50.3 Å². The number of amides is 1. The summed E-state index contributed by atoms with van der Waals surface area (Å²) in [6.07, 6.45) is 13.3. The molecule has 0 atom stereocenters. The van der Waals surface area contributed by atoms with Crippen molar-refractivity contribution in [1.82, 2.24) is 24.8 Å². The zero-order chi connectivity index (χ0) is 19.7. The summed E-state index contributed by atoms with van der Waals surface area (Å²) in [6.45, 7) is 4.20. The Morgan fingerprint density at radius 1 is 1.14 bits per heavy atom. The zero-order valence-corrected chi connectivity index (χ0v) is 17.1. The zero-order valence-electron chi connectivity index (χ0n) is 17.1. The SMILES string of the molecule is O=C(NCC1(N2CCOCC2)CCCCCC1)c1cnc2c(c1)ncn2C1CC1.